The molecule has 0 unspecified atom stereocenters. The van der Waals surface area contributed by atoms with Crippen LogP contribution in [0.25, 0.3) is 0 Å². The van der Waals surface area contributed by atoms with E-state index in [0.29, 0.717) is 12.8 Å². The Kier molecular flexibility index (Phi) is 5.13. The smallest absolute Gasteiger partial charge is 0.226 e. The topological polar surface area (TPSA) is 95.6 Å². The number of carbonyl (C=O) groups excluding carboxylic acids is 1. The van der Waals surface area contributed by atoms with Gasteiger partial charge in [0.2, 0.25) is 5.91 Å². The number of carbonyl (C=O) groups is 1. The lowest BCUT2D eigenvalue weighted by molar-refractivity contribution is -0.130. The molecule has 0 heterocycles. The van der Waals surface area contributed by atoms with E-state index in [1.165, 1.54) is 0 Å². The summed E-state index contributed by atoms with van der Waals surface area (Å²) in [5, 5.41) is 22.4. The number of aliphatic hydroxyl groups is 2. The summed E-state index contributed by atoms with van der Waals surface area (Å²) >= 11 is 5.87. The van der Waals surface area contributed by atoms with Crippen molar-refractivity contribution in [2.24, 2.45) is 17.1 Å². The zero-order valence-corrected chi connectivity index (χ0v) is 16.4. The molecule has 5 atom stereocenters. The second-order valence-electron chi connectivity index (χ2n) is 8.88. The van der Waals surface area contributed by atoms with Crippen molar-refractivity contribution < 1.29 is 28.2 Å². The zero-order chi connectivity index (χ0) is 21.1. The fourth-order valence-electron chi connectivity index (χ4n) is 5.48. The first-order valence-electron chi connectivity index (χ1n) is 9.81. The van der Waals surface area contributed by atoms with Crippen molar-refractivity contribution in [1.29, 1.82) is 0 Å². The minimum Gasteiger partial charge on any atom is -0.390 e. The van der Waals surface area contributed by atoms with E-state index in [-0.39, 0.29) is 30.7 Å². The molecule has 3 aliphatic rings. The summed E-state index contributed by atoms with van der Waals surface area (Å²) in [6, 6.07) is 0.182. The Bertz CT molecular complexity index is 831. The molecule has 3 fully saturated rings. The average molecular weight is 433 g/mol. The van der Waals surface area contributed by atoms with Crippen LogP contribution in [0.2, 0.25) is 5.02 Å². The van der Waals surface area contributed by atoms with Crippen molar-refractivity contribution in [3.8, 4) is 0 Å². The Morgan fingerprint density at radius 1 is 1.21 bits per heavy atom. The molecule has 0 radical (unpaired) electrons. The minimum absolute atomic E-state index is 0.0292. The van der Waals surface area contributed by atoms with Crippen molar-refractivity contribution in [3.63, 3.8) is 0 Å². The van der Waals surface area contributed by atoms with E-state index in [2.05, 4.69) is 5.32 Å². The van der Waals surface area contributed by atoms with Crippen molar-refractivity contribution in [2.45, 2.75) is 68.5 Å². The lowest BCUT2D eigenvalue weighted by Gasteiger charge is -2.37. The van der Waals surface area contributed by atoms with Gasteiger partial charge in [-0.15, -0.1) is 0 Å². The minimum atomic E-state index is -1.40. The zero-order valence-electron chi connectivity index (χ0n) is 15.7. The van der Waals surface area contributed by atoms with Gasteiger partial charge in [-0.1, -0.05) is 11.6 Å². The maximum atomic E-state index is 14.9. The molecule has 5 nitrogen and oxygen atoms in total. The van der Waals surface area contributed by atoms with Crippen LogP contribution in [0.4, 0.5) is 13.2 Å². The first-order chi connectivity index (χ1) is 13.6. The molecule has 0 spiro atoms. The summed E-state index contributed by atoms with van der Waals surface area (Å²) < 4.78 is 44.5. The highest BCUT2D eigenvalue weighted by Gasteiger charge is 2.60. The van der Waals surface area contributed by atoms with E-state index in [9.17, 15) is 28.2 Å². The number of aliphatic hydroxyl groups excluding tert-OH is 2. The van der Waals surface area contributed by atoms with Gasteiger partial charge in [0.25, 0.3) is 0 Å². The van der Waals surface area contributed by atoms with Crippen LogP contribution < -0.4 is 11.1 Å². The van der Waals surface area contributed by atoms with Crippen LogP contribution in [0.1, 0.15) is 50.1 Å². The number of halogens is 4. The molecule has 29 heavy (non-hydrogen) atoms. The molecule has 0 saturated heterocycles. The number of benzene rings is 1. The summed E-state index contributed by atoms with van der Waals surface area (Å²) in [6.07, 6.45) is -1.27. The number of nitrogens with two attached hydrogens (primary N) is 1. The predicted octanol–water partition coefficient (Wildman–Crippen LogP) is 2.52. The van der Waals surface area contributed by atoms with Crippen LogP contribution in [-0.4, -0.2) is 40.0 Å². The Hall–Kier alpha value is -1.35. The number of fused-ring (bicyclic) bond motifs is 2. The lowest BCUT2D eigenvalue weighted by Crippen LogP contribution is -2.45. The summed E-state index contributed by atoms with van der Waals surface area (Å²) in [5.74, 6) is -3.56. The van der Waals surface area contributed by atoms with Crippen molar-refractivity contribution in [1.82, 2.24) is 5.32 Å². The summed E-state index contributed by atoms with van der Waals surface area (Å²) in [4.78, 5) is 12.9. The van der Waals surface area contributed by atoms with Crippen LogP contribution in [0.15, 0.2) is 12.1 Å². The number of alkyl halides is 1. The van der Waals surface area contributed by atoms with E-state index in [4.69, 9.17) is 17.3 Å². The fraction of sp³-hybridized carbons (Fsp3) is 0.650. The summed E-state index contributed by atoms with van der Waals surface area (Å²) in [6.45, 7) is 0. The normalized spacial score (nSPS) is 39.7. The fourth-order valence-corrected chi connectivity index (χ4v) is 5.65. The van der Waals surface area contributed by atoms with Crippen LogP contribution in [-0.2, 0) is 4.79 Å². The predicted molar refractivity (Wildman–Crippen MR) is 99.7 cm³/mol. The van der Waals surface area contributed by atoms with E-state index in [1.54, 1.807) is 0 Å². The lowest BCUT2D eigenvalue weighted by atomic mass is 9.74. The second-order valence-corrected chi connectivity index (χ2v) is 9.28. The maximum Gasteiger partial charge on any atom is 0.226 e. The largest absolute Gasteiger partial charge is 0.390 e. The molecule has 0 aliphatic heterocycles. The molecular weight excluding hydrogens is 409 g/mol. The van der Waals surface area contributed by atoms with Gasteiger partial charge >= 0.3 is 0 Å². The first-order valence-corrected chi connectivity index (χ1v) is 10.2. The average Bonchev–Trinajstić information content (AvgIpc) is 3.29. The van der Waals surface area contributed by atoms with Crippen molar-refractivity contribution in [3.05, 3.63) is 34.4 Å². The van der Waals surface area contributed by atoms with Gasteiger partial charge < -0.3 is 21.3 Å². The molecule has 160 valence electrons. The van der Waals surface area contributed by atoms with Crippen molar-refractivity contribution >= 4 is 17.5 Å². The molecular formula is C20H24ClF3N2O3. The monoisotopic (exact) mass is 432 g/mol. The summed E-state index contributed by atoms with van der Waals surface area (Å²) in [5.41, 5.74) is 3.09. The third-order valence-electron chi connectivity index (χ3n) is 7.14. The molecule has 1 aromatic carbocycles. The Morgan fingerprint density at radius 2 is 1.86 bits per heavy atom. The molecule has 5 N–H and O–H groups in total. The Morgan fingerprint density at radius 3 is 2.38 bits per heavy atom. The standard InChI is InChI=1S/C20H24ClF3N2O3/c21-10-1-2-11(22)13(14(10)23)17(19-3-5-20(24,8-19)6-4-19)26-18(29)9-7-12(25)16(28)15(9)27/h1-2,9,12,15-17,27-28H,3-8,25H2,(H,26,29)/t9-,12-,15+,16-,17+,19?,20?/m0/s1. The molecule has 1 amide bonds. The first kappa shape index (κ1) is 20.9. The van der Waals surface area contributed by atoms with Crippen molar-refractivity contribution in [2.75, 3.05) is 0 Å². The van der Waals surface area contributed by atoms with Crippen LogP contribution in [0, 0.1) is 23.0 Å². The molecule has 1 aromatic rings. The van der Waals surface area contributed by atoms with E-state index < -0.39 is 64.4 Å². The van der Waals surface area contributed by atoms with Crippen LogP contribution in [0.5, 0.6) is 0 Å². The van der Waals surface area contributed by atoms with Gasteiger partial charge in [-0.3, -0.25) is 4.79 Å². The van der Waals surface area contributed by atoms with Crippen LogP contribution in [0.3, 0.4) is 0 Å². The molecule has 4 rings (SSSR count). The van der Waals surface area contributed by atoms with Gasteiger partial charge in [0.1, 0.15) is 17.3 Å². The van der Waals surface area contributed by atoms with E-state index >= 15 is 0 Å². The van der Waals surface area contributed by atoms with Gasteiger partial charge in [-0.25, -0.2) is 13.2 Å². The number of nitrogens with one attached hydrogen (secondary N) is 1. The van der Waals surface area contributed by atoms with Gasteiger partial charge in [-0.2, -0.15) is 0 Å². The highest BCUT2D eigenvalue weighted by atomic mass is 35.5. The number of rotatable bonds is 4. The van der Waals surface area contributed by atoms with Crippen LogP contribution >= 0.6 is 11.6 Å². The van der Waals surface area contributed by atoms with E-state index in [0.717, 1.165) is 12.1 Å². The summed E-state index contributed by atoms with van der Waals surface area (Å²) in [7, 11) is 0. The Labute approximate surface area is 171 Å². The van der Waals surface area contributed by atoms with Gasteiger partial charge in [0.15, 0.2) is 0 Å². The number of amides is 1. The van der Waals surface area contributed by atoms with Gasteiger partial charge in [-0.05, 0) is 56.1 Å². The molecule has 2 bridgehead atoms. The third kappa shape index (κ3) is 3.34. The van der Waals surface area contributed by atoms with Gasteiger partial charge in [0.05, 0.1) is 29.2 Å². The highest BCUT2D eigenvalue weighted by Crippen LogP contribution is 2.63. The quantitative estimate of drug-likeness (QED) is 0.550. The second kappa shape index (κ2) is 7.11. The molecule has 3 saturated carbocycles. The molecule has 3 aliphatic carbocycles. The Balaban J connectivity index is 1.71. The van der Waals surface area contributed by atoms with E-state index in [1.807, 2.05) is 0 Å². The molecule has 0 aromatic heterocycles. The highest BCUT2D eigenvalue weighted by molar-refractivity contribution is 6.30. The third-order valence-corrected chi connectivity index (χ3v) is 7.43. The van der Waals surface area contributed by atoms with Gasteiger partial charge in [0, 0.05) is 11.6 Å². The number of hydrogen-bond donors (Lipinski definition) is 4. The number of hydrogen-bond acceptors (Lipinski definition) is 4. The maximum absolute atomic E-state index is 14.9. The molecule has 9 heteroatoms. The SMILES string of the molecule is N[C@H]1C[C@H](C(=O)N[C@H](c2c(F)ccc(Cl)c2F)C23CCC(F)(CC2)C3)[C@@H](O)[C@H]1O.